The summed E-state index contributed by atoms with van der Waals surface area (Å²) in [6.07, 6.45) is 1.70. The number of methoxy groups -OCH3 is 1. The largest absolute Gasteiger partial charge is 0.480 e. The zero-order valence-corrected chi connectivity index (χ0v) is 9.80. The second kappa shape index (κ2) is 4.06. The maximum Gasteiger partial charge on any atom is 0.223 e. The highest BCUT2D eigenvalue weighted by Gasteiger charge is 2.09. The van der Waals surface area contributed by atoms with Gasteiger partial charge in [0, 0.05) is 11.6 Å². The quantitative estimate of drug-likeness (QED) is 0.842. The average Bonchev–Trinajstić information content (AvgIpc) is 2.65. The molecular formula is C9H7BrN2OS. The van der Waals surface area contributed by atoms with Crippen molar-refractivity contribution < 1.29 is 4.74 Å². The Morgan fingerprint density at radius 1 is 1.50 bits per heavy atom. The predicted molar refractivity (Wildman–Crippen MR) is 59.6 cm³/mol. The van der Waals surface area contributed by atoms with E-state index in [1.807, 2.05) is 17.5 Å². The molecule has 0 radical (unpaired) electrons. The lowest BCUT2D eigenvalue weighted by Crippen LogP contribution is -1.89. The molecular weight excluding hydrogens is 264 g/mol. The maximum absolute atomic E-state index is 5.15. The van der Waals surface area contributed by atoms with Crippen LogP contribution in [0.5, 0.6) is 5.88 Å². The van der Waals surface area contributed by atoms with E-state index in [1.165, 1.54) is 0 Å². The normalized spacial score (nSPS) is 10.1. The molecule has 2 heterocycles. The predicted octanol–water partition coefficient (Wildman–Crippen LogP) is 2.98. The molecule has 72 valence electrons. The van der Waals surface area contributed by atoms with E-state index in [2.05, 4.69) is 25.9 Å². The van der Waals surface area contributed by atoms with Crippen LogP contribution in [-0.2, 0) is 0 Å². The molecule has 0 aromatic carbocycles. The summed E-state index contributed by atoms with van der Waals surface area (Å²) in [6, 6.07) is 3.81. The molecule has 0 saturated carbocycles. The Morgan fingerprint density at radius 2 is 2.36 bits per heavy atom. The number of nitrogens with zero attached hydrogens (tertiary/aromatic N) is 2. The van der Waals surface area contributed by atoms with Crippen LogP contribution < -0.4 is 4.74 Å². The number of ether oxygens (including phenoxy) is 1. The third kappa shape index (κ3) is 1.78. The summed E-state index contributed by atoms with van der Waals surface area (Å²) in [7, 11) is 1.61. The fraction of sp³-hybridized carbons (Fsp3) is 0.111. The number of hydrogen-bond donors (Lipinski definition) is 0. The van der Waals surface area contributed by atoms with E-state index in [-0.39, 0.29) is 0 Å². The van der Waals surface area contributed by atoms with Crippen molar-refractivity contribution in [2.45, 2.75) is 0 Å². The molecule has 0 unspecified atom stereocenters. The summed E-state index contributed by atoms with van der Waals surface area (Å²) in [4.78, 5) is 8.42. The third-order valence-electron chi connectivity index (χ3n) is 1.67. The van der Waals surface area contributed by atoms with Gasteiger partial charge in [-0.2, -0.15) is 0 Å². The lowest BCUT2D eigenvalue weighted by Gasteiger charge is -2.02. The molecule has 0 amide bonds. The van der Waals surface area contributed by atoms with Crippen molar-refractivity contribution in [3.8, 4) is 16.5 Å². The molecule has 2 rings (SSSR count). The summed E-state index contributed by atoms with van der Waals surface area (Å²) in [5.74, 6) is 0.606. The van der Waals surface area contributed by atoms with Gasteiger partial charge in [-0.3, -0.25) is 0 Å². The fourth-order valence-corrected chi connectivity index (χ4v) is 2.36. The van der Waals surface area contributed by atoms with Crippen LogP contribution in [0.3, 0.4) is 0 Å². The van der Waals surface area contributed by atoms with E-state index in [4.69, 9.17) is 4.74 Å². The monoisotopic (exact) mass is 270 g/mol. The molecule has 0 atom stereocenters. The Labute approximate surface area is 93.9 Å². The molecule has 14 heavy (non-hydrogen) atoms. The van der Waals surface area contributed by atoms with Gasteiger partial charge in [-0.05, 0) is 28.1 Å². The first-order chi connectivity index (χ1) is 6.81. The summed E-state index contributed by atoms with van der Waals surface area (Å²) in [5, 5.41) is 2.84. The minimum atomic E-state index is 0.606. The molecule has 0 N–H and O–H groups in total. The van der Waals surface area contributed by atoms with E-state index >= 15 is 0 Å². The molecule has 0 spiro atoms. The fourth-order valence-electron chi connectivity index (χ4n) is 1.09. The molecule has 0 saturated heterocycles. The summed E-state index contributed by atoms with van der Waals surface area (Å²) < 4.78 is 5.99. The van der Waals surface area contributed by atoms with Crippen LogP contribution in [0.4, 0.5) is 0 Å². The minimum Gasteiger partial charge on any atom is -0.480 e. The Kier molecular flexibility index (Phi) is 2.79. The third-order valence-corrected chi connectivity index (χ3v) is 3.26. The van der Waals surface area contributed by atoms with Gasteiger partial charge in [0.05, 0.1) is 12.7 Å². The summed E-state index contributed by atoms with van der Waals surface area (Å²) in [5.41, 5.74) is 0.922. The van der Waals surface area contributed by atoms with Crippen molar-refractivity contribution in [3.63, 3.8) is 0 Å². The number of aromatic nitrogens is 2. The number of halogens is 1. The van der Waals surface area contributed by atoms with Crippen molar-refractivity contribution in [2.24, 2.45) is 0 Å². The van der Waals surface area contributed by atoms with Crippen LogP contribution in [0.25, 0.3) is 10.6 Å². The zero-order valence-electron chi connectivity index (χ0n) is 7.40. The van der Waals surface area contributed by atoms with Crippen LogP contribution >= 0.6 is 27.3 Å². The zero-order chi connectivity index (χ0) is 9.97. The second-order valence-corrected chi connectivity index (χ2v) is 4.21. The van der Waals surface area contributed by atoms with E-state index in [0.29, 0.717) is 5.88 Å². The van der Waals surface area contributed by atoms with Crippen LogP contribution in [0.15, 0.2) is 28.3 Å². The second-order valence-electron chi connectivity index (χ2n) is 2.54. The van der Waals surface area contributed by atoms with Gasteiger partial charge >= 0.3 is 0 Å². The topological polar surface area (TPSA) is 35.0 Å². The van der Waals surface area contributed by atoms with E-state index < -0.39 is 0 Å². The lowest BCUT2D eigenvalue weighted by atomic mass is 10.3. The first kappa shape index (κ1) is 9.61. The highest BCUT2D eigenvalue weighted by Crippen LogP contribution is 2.31. The summed E-state index contributed by atoms with van der Waals surface area (Å²) in [6.45, 7) is 0. The number of rotatable bonds is 2. The SMILES string of the molecule is COc1ncccc1-c1nc(Br)cs1. The molecule has 5 heteroatoms. The summed E-state index contributed by atoms with van der Waals surface area (Å²) >= 11 is 4.87. The van der Waals surface area contributed by atoms with Crippen molar-refractivity contribution >= 4 is 27.3 Å². The number of thiazole rings is 1. The van der Waals surface area contributed by atoms with Gasteiger partial charge in [0.15, 0.2) is 0 Å². The first-order valence-electron chi connectivity index (χ1n) is 3.91. The molecule has 0 aliphatic heterocycles. The maximum atomic E-state index is 5.15. The van der Waals surface area contributed by atoms with Crippen LogP contribution in [0, 0.1) is 0 Å². The highest BCUT2D eigenvalue weighted by molar-refractivity contribution is 9.10. The van der Waals surface area contributed by atoms with Gasteiger partial charge in [0.1, 0.15) is 9.61 Å². The highest BCUT2D eigenvalue weighted by atomic mass is 79.9. The van der Waals surface area contributed by atoms with Gasteiger partial charge in [0.25, 0.3) is 0 Å². The van der Waals surface area contributed by atoms with E-state index in [1.54, 1.807) is 24.6 Å². The van der Waals surface area contributed by atoms with Gasteiger partial charge in [-0.25, -0.2) is 9.97 Å². The smallest absolute Gasteiger partial charge is 0.223 e. The molecule has 0 aliphatic carbocycles. The van der Waals surface area contributed by atoms with Crippen LogP contribution in [0.1, 0.15) is 0 Å². The number of pyridine rings is 1. The minimum absolute atomic E-state index is 0.606. The average molecular weight is 271 g/mol. The molecule has 3 nitrogen and oxygen atoms in total. The van der Waals surface area contributed by atoms with Gasteiger partial charge in [-0.15, -0.1) is 11.3 Å². The van der Waals surface area contributed by atoms with Gasteiger partial charge in [-0.1, -0.05) is 0 Å². The molecule has 0 aliphatic rings. The van der Waals surface area contributed by atoms with E-state index in [0.717, 1.165) is 15.2 Å². The van der Waals surface area contributed by atoms with Crippen molar-refractivity contribution in [1.82, 2.24) is 9.97 Å². The van der Waals surface area contributed by atoms with E-state index in [9.17, 15) is 0 Å². The Bertz CT molecular complexity index is 444. The van der Waals surface area contributed by atoms with Crippen molar-refractivity contribution in [2.75, 3.05) is 7.11 Å². The Balaban J connectivity index is 2.50. The first-order valence-corrected chi connectivity index (χ1v) is 5.59. The Morgan fingerprint density at radius 3 is 3.00 bits per heavy atom. The van der Waals surface area contributed by atoms with Gasteiger partial charge in [0.2, 0.25) is 5.88 Å². The van der Waals surface area contributed by atoms with Crippen molar-refractivity contribution in [1.29, 1.82) is 0 Å². The molecule has 0 bridgehead atoms. The lowest BCUT2D eigenvalue weighted by molar-refractivity contribution is 0.399. The standard InChI is InChI=1S/C9H7BrN2OS/c1-13-8-6(3-2-4-11-8)9-12-7(10)5-14-9/h2-5H,1H3. The molecule has 0 fully saturated rings. The molecule has 2 aromatic heterocycles. The number of hydrogen-bond acceptors (Lipinski definition) is 4. The van der Waals surface area contributed by atoms with Gasteiger partial charge < -0.3 is 4.74 Å². The van der Waals surface area contributed by atoms with Crippen molar-refractivity contribution in [3.05, 3.63) is 28.3 Å². The van der Waals surface area contributed by atoms with Crippen LogP contribution in [0.2, 0.25) is 0 Å². The molecule has 2 aromatic rings. The van der Waals surface area contributed by atoms with Crippen LogP contribution in [-0.4, -0.2) is 17.1 Å². The Hall–Kier alpha value is -0.940.